The Balaban J connectivity index is 1.83. The highest BCUT2D eigenvalue weighted by molar-refractivity contribution is 7.14. The van der Waals surface area contributed by atoms with Crippen molar-refractivity contribution < 1.29 is 14.3 Å². The molecule has 7 heteroatoms. The molecule has 0 saturated carbocycles. The minimum absolute atomic E-state index is 0.0204. The van der Waals surface area contributed by atoms with Gasteiger partial charge in [0.25, 0.3) is 0 Å². The van der Waals surface area contributed by atoms with Crippen LogP contribution in [0.15, 0.2) is 23.6 Å². The molecular formula is C18H21N3O3S. The van der Waals surface area contributed by atoms with E-state index in [1.807, 2.05) is 30.5 Å². The second-order valence-corrected chi connectivity index (χ2v) is 6.84. The van der Waals surface area contributed by atoms with Crippen LogP contribution in [0.2, 0.25) is 0 Å². The summed E-state index contributed by atoms with van der Waals surface area (Å²) in [5, 5.41) is 8.30. The SMILES string of the molecule is CCCC(=O)Nc1nc(-c2ccc3c(c2)C(NC(C)=O)CCO3)cs1. The van der Waals surface area contributed by atoms with Crippen LogP contribution >= 0.6 is 11.3 Å². The van der Waals surface area contributed by atoms with E-state index < -0.39 is 0 Å². The summed E-state index contributed by atoms with van der Waals surface area (Å²) in [4.78, 5) is 27.6. The number of hydrogen-bond donors (Lipinski definition) is 2. The largest absolute Gasteiger partial charge is 0.493 e. The van der Waals surface area contributed by atoms with Crippen LogP contribution in [0.25, 0.3) is 11.3 Å². The highest BCUT2D eigenvalue weighted by Gasteiger charge is 2.23. The maximum Gasteiger partial charge on any atom is 0.226 e. The van der Waals surface area contributed by atoms with Crippen molar-refractivity contribution in [1.29, 1.82) is 0 Å². The van der Waals surface area contributed by atoms with Gasteiger partial charge in [-0.3, -0.25) is 9.59 Å². The van der Waals surface area contributed by atoms with Crippen molar-refractivity contribution in [3.8, 4) is 17.0 Å². The van der Waals surface area contributed by atoms with Gasteiger partial charge >= 0.3 is 0 Å². The number of carbonyl (C=O) groups is 2. The van der Waals surface area contributed by atoms with Crippen LogP contribution in [-0.4, -0.2) is 23.4 Å². The third-order valence-corrected chi connectivity index (χ3v) is 4.71. The average Bonchev–Trinajstić information content (AvgIpc) is 3.03. The van der Waals surface area contributed by atoms with Crippen molar-refractivity contribution in [3.05, 3.63) is 29.1 Å². The Morgan fingerprint density at radius 1 is 1.40 bits per heavy atom. The molecule has 0 spiro atoms. The fraction of sp³-hybridized carbons (Fsp3) is 0.389. The van der Waals surface area contributed by atoms with Gasteiger partial charge in [-0.1, -0.05) is 6.92 Å². The van der Waals surface area contributed by atoms with Gasteiger partial charge in [-0.25, -0.2) is 4.98 Å². The molecule has 1 atom stereocenters. The van der Waals surface area contributed by atoms with Crippen LogP contribution in [0.4, 0.5) is 5.13 Å². The molecule has 0 bridgehead atoms. The number of nitrogens with one attached hydrogen (secondary N) is 2. The Morgan fingerprint density at radius 3 is 3.00 bits per heavy atom. The zero-order chi connectivity index (χ0) is 17.8. The molecule has 3 rings (SSSR count). The van der Waals surface area contributed by atoms with E-state index in [0.29, 0.717) is 18.2 Å². The molecule has 1 aliphatic rings. The van der Waals surface area contributed by atoms with Crippen molar-refractivity contribution in [3.63, 3.8) is 0 Å². The first-order valence-electron chi connectivity index (χ1n) is 8.36. The molecule has 1 aromatic carbocycles. The lowest BCUT2D eigenvalue weighted by atomic mass is 9.97. The third kappa shape index (κ3) is 4.17. The van der Waals surface area contributed by atoms with Crippen molar-refractivity contribution in [2.24, 2.45) is 0 Å². The van der Waals surface area contributed by atoms with Gasteiger partial charge in [0.2, 0.25) is 11.8 Å². The first-order chi connectivity index (χ1) is 12.1. The molecule has 1 unspecified atom stereocenters. The average molecular weight is 359 g/mol. The number of aromatic nitrogens is 1. The van der Waals surface area contributed by atoms with Crippen LogP contribution in [0.1, 0.15) is 44.7 Å². The standard InChI is InChI=1S/C18H21N3O3S/c1-3-4-17(23)21-18-20-15(10-25-18)12-5-6-16-13(9-12)14(7-8-24-16)19-11(2)22/h5-6,9-10,14H,3-4,7-8H2,1-2H3,(H,19,22)(H,20,21,23). The maximum atomic E-state index is 11.7. The minimum Gasteiger partial charge on any atom is -0.493 e. The van der Waals surface area contributed by atoms with Crippen molar-refractivity contribution in [2.45, 2.75) is 39.2 Å². The number of carbonyl (C=O) groups excluding carboxylic acids is 2. The predicted octanol–water partition coefficient (Wildman–Crippen LogP) is 3.51. The second kappa shape index (κ2) is 7.65. The van der Waals surface area contributed by atoms with Gasteiger partial charge in [0.05, 0.1) is 18.3 Å². The zero-order valence-corrected chi connectivity index (χ0v) is 15.1. The molecule has 25 heavy (non-hydrogen) atoms. The smallest absolute Gasteiger partial charge is 0.226 e. The summed E-state index contributed by atoms with van der Waals surface area (Å²) in [7, 11) is 0. The van der Waals surface area contributed by atoms with E-state index in [1.165, 1.54) is 18.3 Å². The van der Waals surface area contributed by atoms with Gasteiger partial charge in [0.1, 0.15) is 5.75 Å². The van der Waals surface area contributed by atoms with E-state index in [9.17, 15) is 9.59 Å². The van der Waals surface area contributed by atoms with E-state index in [0.717, 1.165) is 35.4 Å². The van der Waals surface area contributed by atoms with E-state index in [-0.39, 0.29) is 17.9 Å². The van der Waals surface area contributed by atoms with E-state index >= 15 is 0 Å². The zero-order valence-electron chi connectivity index (χ0n) is 14.3. The molecule has 0 saturated heterocycles. The third-order valence-electron chi connectivity index (χ3n) is 3.95. The van der Waals surface area contributed by atoms with Gasteiger partial charge < -0.3 is 15.4 Å². The summed E-state index contributed by atoms with van der Waals surface area (Å²) in [5.74, 6) is 0.714. The Morgan fingerprint density at radius 2 is 2.24 bits per heavy atom. The highest BCUT2D eigenvalue weighted by atomic mass is 32.1. The lowest BCUT2D eigenvalue weighted by Gasteiger charge is -2.26. The summed E-state index contributed by atoms with van der Waals surface area (Å²) >= 11 is 1.40. The predicted molar refractivity (Wildman–Crippen MR) is 97.8 cm³/mol. The van der Waals surface area contributed by atoms with E-state index in [4.69, 9.17) is 4.74 Å². The van der Waals surface area contributed by atoms with E-state index in [1.54, 1.807) is 0 Å². The number of hydrogen-bond acceptors (Lipinski definition) is 5. The maximum absolute atomic E-state index is 11.7. The van der Waals surface area contributed by atoms with E-state index in [2.05, 4.69) is 15.6 Å². The molecule has 2 amide bonds. The van der Waals surface area contributed by atoms with Gasteiger partial charge in [0.15, 0.2) is 5.13 Å². The Bertz CT molecular complexity index is 788. The molecule has 1 aromatic heterocycles. The Labute approximate surface area is 150 Å². The summed E-state index contributed by atoms with van der Waals surface area (Å²) in [5.41, 5.74) is 2.70. The van der Waals surface area contributed by atoms with Crippen LogP contribution in [0.3, 0.4) is 0 Å². The Hall–Kier alpha value is -2.41. The molecule has 2 N–H and O–H groups in total. The number of fused-ring (bicyclic) bond motifs is 1. The number of ether oxygens (including phenoxy) is 1. The van der Waals surface area contributed by atoms with Gasteiger partial charge in [-0.05, 0) is 24.6 Å². The van der Waals surface area contributed by atoms with Gasteiger partial charge in [-0.15, -0.1) is 11.3 Å². The summed E-state index contributed by atoms with van der Waals surface area (Å²) in [6, 6.07) is 5.81. The van der Waals surface area contributed by atoms with Crippen LogP contribution in [0.5, 0.6) is 5.75 Å². The molecule has 132 valence electrons. The first-order valence-corrected chi connectivity index (χ1v) is 9.24. The molecule has 6 nitrogen and oxygen atoms in total. The summed E-state index contributed by atoms with van der Waals surface area (Å²) in [6.45, 7) is 4.07. The fourth-order valence-corrected chi connectivity index (χ4v) is 3.56. The molecule has 0 aliphatic carbocycles. The van der Waals surface area contributed by atoms with Crippen LogP contribution in [-0.2, 0) is 9.59 Å². The van der Waals surface area contributed by atoms with Gasteiger partial charge in [-0.2, -0.15) is 0 Å². The first kappa shape index (κ1) is 17.4. The summed E-state index contributed by atoms with van der Waals surface area (Å²) < 4.78 is 5.68. The molecule has 2 aromatic rings. The second-order valence-electron chi connectivity index (χ2n) is 5.98. The Kier molecular flexibility index (Phi) is 5.33. The number of anilines is 1. The lowest BCUT2D eigenvalue weighted by molar-refractivity contribution is -0.120. The highest BCUT2D eigenvalue weighted by Crippen LogP contribution is 2.36. The van der Waals surface area contributed by atoms with Crippen LogP contribution < -0.4 is 15.4 Å². The fourth-order valence-electron chi connectivity index (χ4n) is 2.82. The van der Waals surface area contributed by atoms with Crippen LogP contribution in [0, 0.1) is 0 Å². The number of rotatable bonds is 5. The number of nitrogens with zero attached hydrogens (tertiary/aromatic N) is 1. The minimum atomic E-state index is -0.0576. The normalized spacial score (nSPS) is 15.8. The van der Waals surface area contributed by atoms with Crippen molar-refractivity contribution >= 4 is 28.3 Å². The number of thiazole rings is 1. The van der Waals surface area contributed by atoms with Crippen molar-refractivity contribution in [1.82, 2.24) is 10.3 Å². The monoisotopic (exact) mass is 359 g/mol. The molecule has 0 fully saturated rings. The molecule has 2 heterocycles. The molecular weight excluding hydrogens is 338 g/mol. The topological polar surface area (TPSA) is 80.3 Å². The number of benzene rings is 1. The quantitative estimate of drug-likeness (QED) is 0.856. The summed E-state index contributed by atoms with van der Waals surface area (Å²) in [6.07, 6.45) is 2.04. The van der Waals surface area contributed by atoms with Crippen molar-refractivity contribution in [2.75, 3.05) is 11.9 Å². The molecule has 0 radical (unpaired) electrons. The number of amides is 2. The van der Waals surface area contributed by atoms with Gasteiger partial charge in [0, 0.05) is 36.3 Å². The lowest BCUT2D eigenvalue weighted by Crippen LogP contribution is -2.30. The molecule has 1 aliphatic heterocycles.